The standard InChI is InChI=1S/C12H18N6OS/c1-8(15-16-12(13)20)11(17-19)14-9-4-6-10(7-5-9)18(2)3/h4-7,19H,1-3H3,(H,14,17)(H3,13,16,20)/b15-8-. The fourth-order valence-electron chi connectivity index (χ4n) is 1.33. The van der Waals surface area contributed by atoms with E-state index >= 15 is 0 Å². The Hall–Kier alpha value is -2.19. The minimum Gasteiger partial charge on any atom is -0.378 e. The molecule has 0 saturated carbocycles. The van der Waals surface area contributed by atoms with E-state index in [1.165, 1.54) is 0 Å². The summed E-state index contributed by atoms with van der Waals surface area (Å²) in [7, 11) is 3.91. The molecule has 0 aliphatic heterocycles. The molecule has 8 heteroatoms. The number of nitrogens with one attached hydrogen (secondary N) is 2. The molecule has 1 aromatic rings. The Morgan fingerprint density at radius 2 is 1.90 bits per heavy atom. The first kappa shape index (κ1) is 15.9. The third-order valence-electron chi connectivity index (χ3n) is 2.39. The van der Waals surface area contributed by atoms with Crippen molar-refractivity contribution in [3.63, 3.8) is 0 Å². The van der Waals surface area contributed by atoms with Crippen molar-refractivity contribution in [3.8, 4) is 0 Å². The summed E-state index contributed by atoms with van der Waals surface area (Å²) < 4.78 is 0. The van der Waals surface area contributed by atoms with Crippen LogP contribution >= 0.6 is 12.2 Å². The first-order valence-electron chi connectivity index (χ1n) is 5.80. The van der Waals surface area contributed by atoms with Crippen LogP contribution in [0.4, 0.5) is 11.4 Å². The molecule has 0 radical (unpaired) electrons. The summed E-state index contributed by atoms with van der Waals surface area (Å²) in [6.07, 6.45) is 0. The minimum atomic E-state index is 0.0389. The van der Waals surface area contributed by atoms with E-state index in [1.54, 1.807) is 6.92 Å². The van der Waals surface area contributed by atoms with Crippen LogP contribution in [0.5, 0.6) is 0 Å². The zero-order chi connectivity index (χ0) is 15.1. The number of nitrogens with zero attached hydrogens (tertiary/aromatic N) is 3. The smallest absolute Gasteiger partial charge is 0.184 e. The molecule has 0 fully saturated rings. The lowest BCUT2D eigenvalue weighted by Gasteiger charge is -2.12. The molecule has 20 heavy (non-hydrogen) atoms. The van der Waals surface area contributed by atoms with E-state index in [4.69, 9.17) is 10.9 Å². The van der Waals surface area contributed by atoms with Crippen molar-refractivity contribution < 1.29 is 5.21 Å². The van der Waals surface area contributed by atoms with Gasteiger partial charge in [-0.2, -0.15) is 5.10 Å². The van der Waals surface area contributed by atoms with E-state index in [2.05, 4.69) is 27.7 Å². The highest BCUT2D eigenvalue weighted by Crippen LogP contribution is 2.18. The predicted octanol–water partition coefficient (Wildman–Crippen LogP) is 0.970. The van der Waals surface area contributed by atoms with E-state index in [0.717, 1.165) is 5.69 Å². The van der Waals surface area contributed by atoms with Crippen LogP contribution in [0.25, 0.3) is 0 Å². The lowest BCUT2D eigenvalue weighted by Crippen LogP contribution is -2.31. The number of amidine groups is 1. The van der Waals surface area contributed by atoms with Gasteiger partial charge in [0.05, 0.1) is 5.69 Å². The molecule has 0 aliphatic rings. The zero-order valence-corrected chi connectivity index (χ0v) is 12.4. The Morgan fingerprint density at radius 1 is 1.30 bits per heavy atom. The van der Waals surface area contributed by atoms with Gasteiger partial charge in [-0.3, -0.25) is 16.1 Å². The monoisotopic (exact) mass is 294 g/mol. The van der Waals surface area contributed by atoms with Gasteiger partial charge in [0.1, 0.15) is 5.71 Å². The van der Waals surface area contributed by atoms with Gasteiger partial charge in [0.2, 0.25) is 0 Å². The Bertz CT molecular complexity index is 523. The molecule has 0 aliphatic carbocycles. The second-order valence-electron chi connectivity index (χ2n) is 4.16. The van der Waals surface area contributed by atoms with Crippen molar-refractivity contribution in [2.24, 2.45) is 15.8 Å². The number of anilines is 1. The summed E-state index contributed by atoms with van der Waals surface area (Å²) in [6, 6.07) is 7.52. The van der Waals surface area contributed by atoms with Crippen molar-refractivity contribution in [1.29, 1.82) is 0 Å². The molecule has 1 rings (SSSR count). The maximum absolute atomic E-state index is 9.10. The SMILES string of the molecule is C/C(=N/NC(N)=S)C(=Nc1ccc(N(C)C)cc1)NO. The van der Waals surface area contributed by atoms with Gasteiger partial charge in [0, 0.05) is 19.8 Å². The van der Waals surface area contributed by atoms with E-state index in [0.29, 0.717) is 11.4 Å². The van der Waals surface area contributed by atoms with Crippen LogP contribution in [-0.4, -0.2) is 36.0 Å². The number of aliphatic imine (C=N–C) groups is 1. The Labute approximate surface area is 123 Å². The lowest BCUT2D eigenvalue weighted by molar-refractivity contribution is 0.236. The van der Waals surface area contributed by atoms with Crippen molar-refractivity contribution in [1.82, 2.24) is 10.9 Å². The van der Waals surface area contributed by atoms with Crippen molar-refractivity contribution in [2.75, 3.05) is 19.0 Å². The van der Waals surface area contributed by atoms with E-state index in [-0.39, 0.29) is 10.9 Å². The second kappa shape index (κ2) is 7.41. The molecule has 0 saturated heterocycles. The van der Waals surface area contributed by atoms with Gasteiger partial charge in [-0.1, -0.05) is 0 Å². The molecular weight excluding hydrogens is 276 g/mol. The normalized spacial score (nSPS) is 12.0. The first-order chi connectivity index (χ1) is 9.43. The van der Waals surface area contributed by atoms with Crippen LogP contribution in [-0.2, 0) is 0 Å². The van der Waals surface area contributed by atoms with Gasteiger partial charge in [-0.05, 0) is 43.4 Å². The molecule has 0 spiro atoms. The van der Waals surface area contributed by atoms with Gasteiger partial charge in [-0.25, -0.2) is 4.99 Å². The van der Waals surface area contributed by atoms with Crippen molar-refractivity contribution in [3.05, 3.63) is 24.3 Å². The van der Waals surface area contributed by atoms with E-state index in [1.807, 2.05) is 48.7 Å². The number of nitrogens with two attached hydrogens (primary N) is 1. The number of hydroxylamine groups is 1. The third-order valence-corrected chi connectivity index (χ3v) is 2.48. The zero-order valence-electron chi connectivity index (χ0n) is 11.6. The third kappa shape index (κ3) is 4.82. The van der Waals surface area contributed by atoms with Gasteiger partial charge in [0.15, 0.2) is 10.9 Å². The molecule has 0 heterocycles. The Kier molecular flexibility index (Phi) is 5.88. The minimum absolute atomic E-state index is 0.0389. The number of hydrazone groups is 1. The average Bonchev–Trinajstić information content (AvgIpc) is 2.42. The number of benzene rings is 1. The van der Waals surface area contributed by atoms with Crippen LogP contribution in [0, 0.1) is 0 Å². The van der Waals surface area contributed by atoms with Gasteiger partial charge in [-0.15, -0.1) is 0 Å². The lowest BCUT2D eigenvalue weighted by atomic mass is 10.2. The van der Waals surface area contributed by atoms with Gasteiger partial charge in [0.25, 0.3) is 0 Å². The van der Waals surface area contributed by atoms with E-state index in [9.17, 15) is 0 Å². The quantitative estimate of drug-likeness (QED) is 0.286. The summed E-state index contributed by atoms with van der Waals surface area (Å²) in [5.74, 6) is 0.200. The molecule has 0 amide bonds. The number of rotatable bonds is 4. The number of thiocarbonyl (C=S) groups is 1. The molecular formula is C12H18N6OS. The molecule has 7 nitrogen and oxygen atoms in total. The highest BCUT2D eigenvalue weighted by Gasteiger charge is 2.03. The highest BCUT2D eigenvalue weighted by atomic mass is 32.1. The fraction of sp³-hybridized carbons (Fsp3) is 0.250. The summed E-state index contributed by atoms with van der Waals surface area (Å²) >= 11 is 4.64. The van der Waals surface area contributed by atoms with Crippen LogP contribution in [0.1, 0.15) is 6.92 Å². The Morgan fingerprint density at radius 3 is 2.35 bits per heavy atom. The van der Waals surface area contributed by atoms with Crippen LogP contribution < -0.4 is 21.5 Å². The molecule has 108 valence electrons. The number of hydrogen-bond donors (Lipinski definition) is 4. The van der Waals surface area contributed by atoms with Gasteiger partial charge < -0.3 is 10.6 Å². The molecule has 0 bridgehead atoms. The summed E-state index contributed by atoms with van der Waals surface area (Å²) in [5, 5.41) is 13.0. The van der Waals surface area contributed by atoms with Crippen LogP contribution in [0.15, 0.2) is 34.4 Å². The van der Waals surface area contributed by atoms with E-state index < -0.39 is 0 Å². The number of hydrogen-bond acceptors (Lipinski definition) is 5. The average molecular weight is 294 g/mol. The summed E-state index contributed by atoms with van der Waals surface area (Å²) in [6.45, 7) is 1.65. The fourth-order valence-corrected chi connectivity index (χ4v) is 1.38. The van der Waals surface area contributed by atoms with Gasteiger partial charge >= 0.3 is 0 Å². The van der Waals surface area contributed by atoms with Crippen LogP contribution in [0.3, 0.4) is 0 Å². The molecule has 0 aromatic heterocycles. The maximum atomic E-state index is 9.10. The largest absolute Gasteiger partial charge is 0.378 e. The molecule has 0 unspecified atom stereocenters. The summed E-state index contributed by atoms with van der Waals surface area (Å²) in [4.78, 5) is 6.22. The van der Waals surface area contributed by atoms with Crippen molar-refractivity contribution in [2.45, 2.75) is 6.92 Å². The summed E-state index contributed by atoms with van der Waals surface area (Å²) in [5.41, 5.74) is 11.8. The first-order valence-corrected chi connectivity index (χ1v) is 6.21. The molecule has 1 aromatic carbocycles. The predicted molar refractivity (Wildman–Crippen MR) is 85.8 cm³/mol. The molecule has 0 atom stereocenters. The van der Waals surface area contributed by atoms with Crippen LogP contribution in [0.2, 0.25) is 0 Å². The van der Waals surface area contributed by atoms with Crippen molar-refractivity contribution >= 4 is 40.3 Å². The maximum Gasteiger partial charge on any atom is 0.184 e. The second-order valence-corrected chi connectivity index (χ2v) is 4.60. The highest BCUT2D eigenvalue weighted by molar-refractivity contribution is 7.80. The topological polar surface area (TPSA) is 98.3 Å². The molecule has 5 N–H and O–H groups in total. The Balaban J connectivity index is 2.93.